The highest BCUT2D eigenvalue weighted by molar-refractivity contribution is 7.80. The molecule has 4 aromatic rings. The smallest absolute Gasteiger partial charge is 0.293 e. The summed E-state index contributed by atoms with van der Waals surface area (Å²) in [6.45, 7) is 1.50. The van der Waals surface area contributed by atoms with Gasteiger partial charge < -0.3 is 10.2 Å². The molecule has 0 spiro atoms. The van der Waals surface area contributed by atoms with Crippen molar-refractivity contribution in [1.29, 1.82) is 0 Å². The normalized spacial score (nSPS) is 13.4. The van der Waals surface area contributed by atoms with E-state index in [0.717, 1.165) is 32.4 Å². The number of aromatic nitrogens is 3. The molecular weight excluding hydrogens is 497 g/mol. The molecule has 2 N–H and O–H groups in total. The third-order valence-electron chi connectivity index (χ3n) is 6.05. The molecule has 188 valence electrons. The predicted octanol–water partition coefficient (Wildman–Crippen LogP) is 4.58. The first kappa shape index (κ1) is 24.3. The minimum atomic E-state index is -0.561. The van der Waals surface area contributed by atoms with Gasteiger partial charge in [0, 0.05) is 30.4 Å². The number of anilines is 2. The van der Waals surface area contributed by atoms with Gasteiger partial charge in [-0.1, -0.05) is 0 Å². The van der Waals surface area contributed by atoms with Crippen molar-refractivity contribution in [3.63, 3.8) is 0 Å². The third-order valence-corrected chi connectivity index (χ3v) is 6.26. The summed E-state index contributed by atoms with van der Waals surface area (Å²) in [6, 6.07) is 15.4. The Morgan fingerprint density at radius 3 is 2.43 bits per heavy atom. The fourth-order valence-corrected chi connectivity index (χ4v) is 4.44. The van der Waals surface area contributed by atoms with Crippen molar-refractivity contribution < 1.29 is 14.1 Å². The summed E-state index contributed by atoms with van der Waals surface area (Å²) in [5.74, 6) is -0.913. The van der Waals surface area contributed by atoms with E-state index in [1.807, 2.05) is 4.90 Å². The first-order valence-corrected chi connectivity index (χ1v) is 12.1. The number of nitrogens with one attached hydrogen (secondary N) is 2. The Morgan fingerprint density at radius 2 is 1.70 bits per heavy atom. The molecule has 1 aromatic heterocycles. The first-order valence-electron chi connectivity index (χ1n) is 11.7. The van der Waals surface area contributed by atoms with Crippen molar-refractivity contribution in [2.24, 2.45) is 0 Å². The highest BCUT2D eigenvalue weighted by Crippen LogP contribution is 2.31. The second-order valence-corrected chi connectivity index (χ2v) is 8.99. The second-order valence-electron chi connectivity index (χ2n) is 8.59. The van der Waals surface area contributed by atoms with Crippen LogP contribution in [0.2, 0.25) is 0 Å². The summed E-state index contributed by atoms with van der Waals surface area (Å²) < 4.78 is 13.2. The lowest BCUT2D eigenvalue weighted by Crippen LogP contribution is -2.34. The van der Waals surface area contributed by atoms with Gasteiger partial charge in [0.25, 0.3) is 11.6 Å². The van der Waals surface area contributed by atoms with Gasteiger partial charge in [-0.2, -0.15) is 4.80 Å². The maximum atomic E-state index is 13.2. The molecule has 0 bridgehead atoms. The molecule has 2 heterocycles. The number of rotatable bonds is 5. The first-order chi connectivity index (χ1) is 17.9. The lowest BCUT2D eigenvalue weighted by molar-refractivity contribution is -0.384. The third kappa shape index (κ3) is 5.38. The zero-order valence-corrected chi connectivity index (χ0v) is 20.4. The maximum absolute atomic E-state index is 13.2. The van der Waals surface area contributed by atoms with E-state index in [1.54, 1.807) is 42.5 Å². The van der Waals surface area contributed by atoms with Crippen molar-refractivity contribution in [2.75, 3.05) is 23.3 Å². The number of fused-ring (bicyclic) bond motifs is 1. The number of thiocarbonyl (C=S) groups is 1. The number of piperidine rings is 1. The van der Waals surface area contributed by atoms with Crippen LogP contribution in [0.15, 0.2) is 60.7 Å². The quantitative estimate of drug-likeness (QED) is 0.223. The minimum Gasteiger partial charge on any atom is -0.366 e. The zero-order chi connectivity index (χ0) is 25.9. The average molecular weight is 520 g/mol. The number of nitrogens with zero attached hydrogens (tertiary/aromatic N) is 5. The lowest BCUT2D eigenvalue weighted by Gasteiger charge is -2.28. The Hall–Kier alpha value is -4.45. The number of nitro groups is 1. The summed E-state index contributed by atoms with van der Waals surface area (Å²) >= 11 is 5.28. The highest BCUT2D eigenvalue weighted by atomic mass is 32.1. The molecule has 0 atom stereocenters. The van der Waals surface area contributed by atoms with Crippen LogP contribution in [0.5, 0.6) is 0 Å². The Bertz CT molecular complexity index is 1500. The molecule has 12 heteroatoms. The van der Waals surface area contributed by atoms with E-state index in [4.69, 9.17) is 12.2 Å². The SMILES string of the molecule is O=C(NC(=S)Nc1ccc2nn(-c3ccc(F)cc3)nc2c1)c1ccc(N2CCCCC2)c([N+](=O)[O-])c1. The predicted molar refractivity (Wildman–Crippen MR) is 142 cm³/mol. The van der Waals surface area contributed by atoms with E-state index >= 15 is 0 Å². The molecule has 0 unspecified atom stereocenters. The molecule has 0 radical (unpaired) electrons. The molecule has 1 saturated heterocycles. The van der Waals surface area contributed by atoms with Gasteiger partial charge in [-0.15, -0.1) is 10.2 Å². The van der Waals surface area contributed by atoms with E-state index in [2.05, 4.69) is 20.8 Å². The van der Waals surface area contributed by atoms with Gasteiger partial charge in [-0.3, -0.25) is 20.2 Å². The standard InChI is InChI=1S/C25H22FN7O3S/c26-17-5-8-19(9-6-17)32-29-20-10-7-18(15-21(20)30-32)27-25(37)28-24(34)16-4-11-22(23(14-16)33(35)36)31-12-2-1-3-13-31/h4-11,14-15H,1-3,12-13H2,(H2,27,28,34,37). The highest BCUT2D eigenvalue weighted by Gasteiger charge is 2.23. The Labute approximate surface area is 216 Å². The summed E-state index contributed by atoms with van der Waals surface area (Å²) in [6.07, 6.45) is 3.07. The van der Waals surface area contributed by atoms with Gasteiger partial charge in [-0.05, 0) is 86.1 Å². The zero-order valence-electron chi connectivity index (χ0n) is 19.6. The van der Waals surface area contributed by atoms with Crippen molar-refractivity contribution in [2.45, 2.75) is 19.3 Å². The Kier molecular flexibility index (Phi) is 6.73. The van der Waals surface area contributed by atoms with Crippen LogP contribution in [-0.4, -0.2) is 44.0 Å². The van der Waals surface area contributed by atoms with Crippen molar-refractivity contribution in [3.8, 4) is 5.69 Å². The van der Waals surface area contributed by atoms with E-state index in [1.165, 1.54) is 23.0 Å². The van der Waals surface area contributed by atoms with Crippen LogP contribution in [0.25, 0.3) is 16.7 Å². The van der Waals surface area contributed by atoms with Gasteiger partial charge >= 0.3 is 0 Å². The summed E-state index contributed by atoms with van der Waals surface area (Å²) in [5, 5.41) is 26.0. The van der Waals surface area contributed by atoms with Crippen LogP contribution in [0.4, 0.5) is 21.5 Å². The maximum Gasteiger partial charge on any atom is 0.293 e. The molecule has 1 amide bonds. The molecule has 1 aliphatic rings. The van der Waals surface area contributed by atoms with Crippen LogP contribution in [0.1, 0.15) is 29.6 Å². The fourth-order valence-electron chi connectivity index (χ4n) is 4.23. The lowest BCUT2D eigenvalue weighted by atomic mass is 10.1. The number of hydrogen-bond acceptors (Lipinski definition) is 7. The van der Waals surface area contributed by atoms with Gasteiger partial charge in [0.2, 0.25) is 0 Å². The summed E-state index contributed by atoms with van der Waals surface area (Å²) in [7, 11) is 0. The number of nitro benzene ring substituents is 1. The van der Waals surface area contributed by atoms with Crippen molar-refractivity contribution >= 4 is 51.3 Å². The molecule has 3 aromatic carbocycles. The van der Waals surface area contributed by atoms with Crippen molar-refractivity contribution in [3.05, 3.63) is 82.2 Å². The summed E-state index contributed by atoms with van der Waals surface area (Å²) in [5.41, 5.74) is 2.89. The Morgan fingerprint density at radius 1 is 0.973 bits per heavy atom. The van der Waals surface area contributed by atoms with E-state index in [9.17, 15) is 19.3 Å². The number of hydrogen-bond donors (Lipinski definition) is 2. The van der Waals surface area contributed by atoms with Crippen LogP contribution >= 0.6 is 12.2 Å². The molecule has 0 saturated carbocycles. The number of halogens is 1. The number of carbonyl (C=O) groups excluding carboxylic acids is 1. The molecule has 5 rings (SSSR count). The van der Waals surface area contributed by atoms with E-state index < -0.39 is 10.8 Å². The van der Waals surface area contributed by atoms with Gasteiger partial charge in [0.1, 0.15) is 22.5 Å². The van der Waals surface area contributed by atoms with Gasteiger partial charge in [0.05, 0.1) is 10.6 Å². The number of amides is 1. The van der Waals surface area contributed by atoms with E-state index in [0.29, 0.717) is 28.1 Å². The summed E-state index contributed by atoms with van der Waals surface area (Å²) in [4.78, 5) is 27.4. The molecule has 10 nitrogen and oxygen atoms in total. The second kappa shape index (κ2) is 10.3. The fraction of sp³-hybridized carbons (Fsp3) is 0.200. The minimum absolute atomic E-state index is 0.0260. The van der Waals surface area contributed by atoms with Gasteiger partial charge in [-0.25, -0.2) is 4.39 Å². The Balaban J connectivity index is 1.28. The van der Waals surface area contributed by atoms with Crippen LogP contribution < -0.4 is 15.5 Å². The molecule has 37 heavy (non-hydrogen) atoms. The molecule has 0 aliphatic carbocycles. The molecule has 1 fully saturated rings. The number of carbonyl (C=O) groups is 1. The number of benzene rings is 3. The largest absolute Gasteiger partial charge is 0.366 e. The molecule has 1 aliphatic heterocycles. The van der Waals surface area contributed by atoms with Crippen LogP contribution in [0, 0.1) is 15.9 Å². The topological polar surface area (TPSA) is 118 Å². The van der Waals surface area contributed by atoms with E-state index in [-0.39, 0.29) is 22.2 Å². The van der Waals surface area contributed by atoms with Crippen molar-refractivity contribution in [1.82, 2.24) is 20.3 Å². The van der Waals surface area contributed by atoms with Crippen LogP contribution in [-0.2, 0) is 0 Å². The molecular formula is C25H22FN7O3S. The van der Waals surface area contributed by atoms with Crippen LogP contribution in [0.3, 0.4) is 0 Å². The average Bonchev–Trinajstić information content (AvgIpc) is 3.32. The monoisotopic (exact) mass is 519 g/mol. The van der Waals surface area contributed by atoms with Gasteiger partial charge in [0.15, 0.2) is 5.11 Å².